The zero-order valence-corrected chi connectivity index (χ0v) is 18.4. The molecule has 4 rings (SSSR count). The van der Waals surface area contributed by atoms with Gasteiger partial charge in [0, 0.05) is 50.0 Å². The van der Waals surface area contributed by atoms with Gasteiger partial charge in [0.1, 0.15) is 5.82 Å². The molecule has 0 radical (unpaired) electrons. The number of likely N-dealkylation sites (tertiary alicyclic amines) is 1. The number of anilines is 3. The second-order valence-electron chi connectivity index (χ2n) is 8.48. The average Bonchev–Trinajstić information content (AvgIpc) is 3.18. The molecule has 0 spiro atoms. The predicted octanol–water partition coefficient (Wildman–Crippen LogP) is 4.50. The molecule has 3 heterocycles. The summed E-state index contributed by atoms with van der Waals surface area (Å²) in [5, 5.41) is 3.38. The largest absolute Gasteiger partial charge is 0.353 e. The van der Waals surface area contributed by atoms with E-state index in [0.29, 0.717) is 17.9 Å². The number of nitrogens with one attached hydrogen (secondary N) is 1. The number of piperidine rings is 1. The first-order chi connectivity index (χ1) is 14.6. The van der Waals surface area contributed by atoms with Gasteiger partial charge in [0.05, 0.1) is 0 Å². The van der Waals surface area contributed by atoms with Crippen LogP contribution in [0.2, 0.25) is 0 Å². The van der Waals surface area contributed by atoms with Crippen molar-refractivity contribution < 1.29 is 4.79 Å². The molecule has 0 aliphatic carbocycles. The van der Waals surface area contributed by atoms with Crippen LogP contribution in [0.5, 0.6) is 0 Å². The van der Waals surface area contributed by atoms with Crippen molar-refractivity contribution in [2.75, 3.05) is 29.9 Å². The van der Waals surface area contributed by atoms with Crippen LogP contribution in [0.15, 0.2) is 30.5 Å². The van der Waals surface area contributed by atoms with Gasteiger partial charge in [-0.3, -0.25) is 4.79 Å². The van der Waals surface area contributed by atoms with E-state index in [1.54, 1.807) is 6.92 Å². The van der Waals surface area contributed by atoms with Gasteiger partial charge in [0.25, 0.3) is 0 Å². The maximum absolute atomic E-state index is 11.5. The second kappa shape index (κ2) is 9.02. The van der Waals surface area contributed by atoms with Gasteiger partial charge in [-0.2, -0.15) is 4.98 Å². The first-order valence-corrected chi connectivity index (χ1v) is 11.3. The number of carbonyl (C=O) groups is 1. The number of nitrogens with zero attached hydrogens (tertiary/aromatic N) is 4. The van der Waals surface area contributed by atoms with Crippen LogP contribution in [0.3, 0.4) is 0 Å². The van der Waals surface area contributed by atoms with Crippen LogP contribution in [0.4, 0.5) is 17.5 Å². The Kier molecular flexibility index (Phi) is 6.21. The SMILES string of the molecule is CCC(CC)N1CCc2cnc(Nc3ccc(C4CCN(C(C)=O)CC4)cc3)nc21. The summed E-state index contributed by atoms with van der Waals surface area (Å²) in [5.74, 6) is 2.47. The third kappa shape index (κ3) is 4.27. The van der Waals surface area contributed by atoms with Crippen LogP contribution in [0, 0.1) is 0 Å². The van der Waals surface area contributed by atoms with Crippen LogP contribution in [0.25, 0.3) is 0 Å². The van der Waals surface area contributed by atoms with Gasteiger partial charge in [-0.15, -0.1) is 0 Å². The van der Waals surface area contributed by atoms with Crippen molar-refractivity contribution in [2.24, 2.45) is 0 Å². The van der Waals surface area contributed by atoms with E-state index in [9.17, 15) is 4.79 Å². The van der Waals surface area contributed by atoms with E-state index in [2.05, 4.69) is 53.3 Å². The quantitative estimate of drug-likeness (QED) is 0.764. The highest BCUT2D eigenvalue weighted by Gasteiger charge is 2.26. The molecule has 2 aliphatic rings. The van der Waals surface area contributed by atoms with Crippen LogP contribution >= 0.6 is 0 Å². The smallest absolute Gasteiger partial charge is 0.229 e. The van der Waals surface area contributed by atoms with Crippen LogP contribution in [-0.4, -0.2) is 46.5 Å². The summed E-state index contributed by atoms with van der Waals surface area (Å²) in [4.78, 5) is 25.3. The Balaban J connectivity index is 1.42. The van der Waals surface area contributed by atoms with E-state index >= 15 is 0 Å². The average molecular weight is 408 g/mol. The summed E-state index contributed by atoms with van der Waals surface area (Å²) in [6, 6.07) is 9.16. The topological polar surface area (TPSA) is 61.4 Å². The molecule has 1 aromatic heterocycles. The summed E-state index contributed by atoms with van der Waals surface area (Å²) in [5.41, 5.74) is 3.60. The highest BCUT2D eigenvalue weighted by molar-refractivity contribution is 5.73. The van der Waals surface area contributed by atoms with E-state index in [1.807, 2.05) is 11.1 Å². The van der Waals surface area contributed by atoms with E-state index < -0.39 is 0 Å². The molecule has 160 valence electrons. The van der Waals surface area contributed by atoms with Crippen LogP contribution in [0.1, 0.15) is 63.5 Å². The van der Waals surface area contributed by atoms with Crippen molar-refractivity contribution in [1.82, 2.24) is 14.9 Å². The molecule has 6 heteroatoms. The fraction of sp³-hybridized carbons (Fsp3) is 0.542. The van der Waals surface area contributed by atoms with E-state index in [0.717, 1.165) is 63.2 Å². The lowest BCUT2D eigenvalue weighted by Gasteiger charge is -2.31. The van der Waals surface area contributed by atoms with Gasteiger partial charge in [-0.25, -0.2) is 4.98 Å². The maximum atomic E-state index is 11.5. The molecule has 2 aliphatic heterocycles. The fourth-order valence-electron chi connectivity index (χ4n) is 4.81. The van der Waals surface area contributed by atoms with Gasteiger partial charge in [0.15, 0.2) is 0 Å². The lowest BCUT2D eigenvalue weighted by Crippen LogP contribution is -2.36. The Bertz CT molecular complexity index is 870. The fourth-order valence-corrected chi connectivity index (χ4v) is 4.81. The molecule has 2 aromatic rings. The molecule has 0 atom stereocenters. The van der Waals surface area contributed by atoms with Crippen molar-refractivity contribution in [2.45, 2.75) is 64.8 Å². The van der Waals surface area contributed by atoms with Crippen molar-refractivity contribution in [3.63, 3.8) is 0 Å². The van der Waals surface area contributed by atoms with E-state index in [4.69, 9.17) is 4.98 Å². The highest BCUT2D eigenvalue weighted by atomic mass is 16.2. The van der Waals surface area contributed by atoms with Gasteiger partial charge in [0.2, 0.25) is 11.9 Å². The summed E-state index contributed by atoms with van der Waals surface area (Å²) in [6.07, 6.45) is 7.34. The van der Waals surface area contributed by atoms with Gasteiger partial charge in [-0.1, -0.05) is 26.0 Å². The molecule has 0 bridgehead atoms. The van der Waals surface area contributed by atoms with Gasteiger partial charge >= 0.3 is 0 Å². The highest BCUT2D eigenvalue weighted by Crippen LogP contribution is 2.31. The Morgan fingerprint density at radius 1 is 1.13 bits per heavy atom. The molecule has 0 saturated carbocycles. The minimum absolute atomic E-state index is 0.185. The second-order valence-corrected chi connectivity index (χ2v) is 8.48. The first kappa shape index (κ1) is 20.6. The summed E-state index contributed by atoms with van der Waals surface area (Å²) < 4.78 is 0. The number of hydrogen-bond acceptors (Lipinski definition) is 5. The van der Waals surface area contributed by atoms with Crippen molar-refractivity contribution >= 4 is 23.4 Å². The molecule has 1 saturated heterocycles. The minimum Gasteiger partial charge on any atom is -0.353 e. The lowest BCUT2D eigenvalue weighted by atomic mass is 9.89. The van der Waals surface area contributed by atoms with Crippen molar-refractivity contribution in [1.29, 1.82) is 0 Å². The lowest BCUT2D eigenvalue weighted by molar-refractivity contribution is -0.129. The third-order valence-corrected chi connectivity index (χ3v) is 6.70. The number of hydrogen-bond donors (Lipinski definition) is 1. The van der Waals surface area contributed by atoms with E-state index in [-0.39, 0.29) is 5.91 Å². The Morgan fingerprint density at radius 2 is 1.83 bits per heavy atom. The van der Waals surface area contributed by atoms with E-state index in [1.165, 1.54) is 11.1 Å². The monoisotopic (exact) mass is 407 g/mol. The molecular formula is C24H33N5O. The van der Waals surface area contributed by atoms with Gasteiger partial charge in [-0.05, 0) is 55.7 Å². The minimum atomic E-state index is 0.185. The molecule has 6 nitrogen and oxygen atoms in total. The zero-order chi connectivity index (χ0) is 21.1. The van der Waals surface area contributed by atoms with Gasteiger partial charge < -0.3 is 15.1 Å². The number of carbonyl (C=O) groups excluding carboxylic acids is 1. The van der Waals surface area contributed by atoms with Crippen LogP contribution < -0.4 is 10.2 Å². The zero-order valence-electron chi connectivity index (χ0n) is 18.4. The molecule has 0 unspecified atom stereocenters. The number of benzene rings is 1. The Morgan fingerprint density at radius 3 is 2.47 bits per heavy atom. The van der Waals surface area contributed by atoms with Crippen molar-refractivity contribution in [3.8, 4) is 0 Å². The number of amides is 1. The number of fused-ring (bicyclic) bond motifs is 1. The molecule has 1 fully saturated rings. The Labute approximate surface area is 179 Å². The summed E-state index contributed by atoms with van der Waals surface area (Å²) in [7, 11) is 0. The number of rotatable bonds is 6. The Hall–Kier alpha value is -2.63. The molecule has 1 N–H and O–H groups in total. The van der Waals surface area contributed by atoms with Crippen LogP contribution in [-0.2, 0) is 11.2 Å². The number of aromatic nitrogens is 2. The standard InChI is InChI=1S/C24H33N5O/c1-4-22(5-2)29-15-12-20-16-25-24(27-23(20)29)26-21-8-6-18(7-9-21)19-10-13-28(14-11-19)17(3)30/h6-9,16,19,22H,4-5,10-15H2,1-3H3,(H,25,26,27). The predicted molar refractivity (Wildman–Crippen MR) is 121 cm³/mol. The maximum Gasteiger partial charge on any atom is 0.229 e. The molecular weight excluding hydrogens is 374 g/mol. The third-order valence-electron chi connectivity index (χ3n) is 6.70. The first-order valence-electron chi connectivity index (χ1n) is 11.3. The summed E-state index contributed by atoms with van der Waals surface area (Å²) in [6.45, 7) is 8.91. The molecule has 1 amide bonds. The molecule has 1 aromatic carbocycles. The normalized spacial score (nSPS) is 16.8. The molecule has 30 heavy (non-hydrogen) atoms. The summed E-state index contributed by atoms with van der Waals surface area (Å²) >= 11 is 0. The van der Waals surface area contributed by atoms with Crippen molar-refractivity contribution in [3.05, 3.63) is 41.6 Å².